The molecule has 0 spiro atoms. The summed E-state index contributed by atoms with van der Waals surface area (Å²) in [6.45, 7) is 4.53. The average molecular weight is 421 g/mol. The van der Waals surface area contributed by atoms with Gasteiger partial charge in [0.05, 0.1) is 0 Å². The molecule has 2 aromatic carbocycles. The Kier molecular flexibility index (Phi) is 7.85. The minimum atomic E-state index is -0.974. The summed E-state index contributed by atoms with van der Waals surface area (Å²) in [5.41, 5.74) is 1.08. The van der Waals surface area contributed by atoms with Crippen molar-refractivity contribution >= 4 is 25.4 Å². The summed E-state index contributed by atoms with van der Waals surface area (Å²) >= 11 is -0.269. The summed E-state index contributed by atoms with van der Waals surface area (Å²) in [7, 11) is 1.37. The summed E-state index contributed by atoms with van der Waals surface area (Å²) in [6.07, 6.45) is -0.856. The summed E-state index contributed by atoms with van der Waals surface area (Å²) in [6, 6.07) is 19.7. The molecule has 0 unspecified atom stereocenters. The van der Waals surface area contributed by atoms with Gasteiger partial charge in [0.2, 0.25) is 0 Å². The predicted molar refractivity (Wildman–Crippen MR) is 103 cm³/mol. The quantitative estimate of drug-likeness (QED) is 0.500. The molecule has 5 heteroatoms. The van der Waals surface area contributed by atoms with Crippen LogP contribution in [-0.2, 0) is 20.9 Å². The molecule has 4 nitrogen and oxygen atoms in total. The molecule has 3 atom stereocenters. The zero-order chi connectivity index (χ0) is 19.0. The van der Waals surface area contributed by atoms with E-state index in [-0.39, 0.29) is 26.8 Å². The van der Waals surface area contributed by atoms with Gasteiger partial charge in [0.1, 0.15) is 0 Å². The Morgan fingerprint density at radius 2 is 1.69 bits per heavy atom. The fourth-order valence-corrected chi connectivity index (χ4v) is 5.46. The molecule has 0 radical (unpaired) electrons. The van der Waals surface area contributed by atoms with Crippen LogP contribution in [-0.4, -0.2) is 45.9 Å². The van der Waals surface area contributed by atoms with Gasteiger partial charge in [-0.3, -0.25) is 0 Å². The topological polar surface area (TPSA) is 55.8 Å². The second-order valence-corrected chi connectivity index (χ2v) is 9.63. The number of hydrogen-bond acceptors (Lipinski definition) is 4. The van der Waals surface area contributed by atoms with Crippen molar-refractivity contribution in [2.75, 3.05) is 13.7 Å². The van der Waals surface area contributed by atoms with Gasteiger partial charge in [0, 0.05) is 0 Å². The molecule has 0 aliphatic carbocycles. The third kappa shape index (κ3) is 5.42. The van der Waals surface area contributed by atoms with Gasteiger partial charge >= 0.3 is 161 Å². The Hall–Kier alpha value is -1.65. The van der Waals surface area contributed by atoms with E-state index in [1.165, 1.54) is 7.11 Å². The van der Waals surface area contributed by atoms with Crippen molar-refractivity contribution in [1.29, 1.82) is 0 Å². The molecule has 2 aromatic rings. The van der Waals surface area contributed by atoms with Crippen LogP contribution in [0.1, 0.15) is 19.4 Å². The molecule has 0 aromatic heterocycles. The third-order valence-electron chi connectivity index (χ3n) is 4.26. The van der Waals surface area contributed by atoms with Crippen molar-refractivity contribution < 1.29 is 19.4 Å². The van der Waals surface area contributed by atoms with E-state index in [1.807, 2.05) is 67.6 Å². The number of methoxy groups -OCH3 is 1. The summed E-state index contributed by atoms with van der Waals surface area (Å²) in [5.74, 6) is -0.586. The van der Waals surface area contributed by atoms with Gasteiger partial charge in [-0.1, -0.05) is 0 Å². The number of carbonyl (C=O) groups excluding carboxylic acids is 1. The van der Waals surface area contributed by atoms with Crippen LogP contribution in [0.4, 0.5) is 0 Å². The molecule has 0 aliphatic heterocycles. The van der Waals surface area contributed by atoms with E-state index in [0.29, 0.717) is 13.2 Å². The van der Waals surface area contributed by atoms with Gasteiger partial charge in [-0.2, -0.15) is 0 Å². The first kappa shape index (κ1) is 20.7. The zero-order valence-corrected chi connectivity index (χ0v) is 17.1. The molecular weight excluding hydrogens is 395 g/mol. The summed E-state index contributed by atoms with van der Waals surface area (Å²) in [5, 5.41) is 10.9. The van der Waals surface area contributed by atoms with E-state index in [2.05, 4.69) is 0 Å². The van der Waals surface area contributed by atoms with Crippen molar-refractivity contribution in [3.8, 4) is 0 Å². The van der Waals surface area contributed by atoms with Crippen LogP contribution in [0, 0.1) is 5.92 Å². The fourth-order valence-electron chi connectivity index (χ4n) is 2.73. The average Bonchev–Trinajstić information content (AvgIpc) is 2.68. The number of rotatable bonds is 9. The second kappa shape index (κ2) is 9.88. The molecule has 140 valence electrons. The van der Waals surface area contributed by atoms with Crippen molar-refractivity contribution in [1.82, 2.24) is 0 Å². The van der Waals surface area contributed by atoms with Gasteiger partial charge in [0.25, 0.3) is 0 Å². The standard InChI is InChI=1S/C21H26O4Se/c1-16(14-25-15-17-10-6-4-7-11-17)19(22)21(2,20(23)24-3)26-18-12-8-5-9-13-18/h4-13,16,19,22H,14-15H2,1-3H3/t16-,19-,21-/m0/s1. The molecule has 0 heterocycles. The predicted octanol–water partition coefficient (Wildman–Crippen LogP) is 2.58. The number of hydrogen-bond donors (Lipinski definition) is 1. The van der Waals surface area contributed by atoms with E-state index in [1.54, 1.807) is 6.92 Å². The number of aliphatic hydroxyl groups is 1. The van der Waals surface area contributed by atoms with Crippen LogP contribution in [0.25, 0.3) is 0 Å². The van der Waals surface area contributed by atoms with Crippen molar-refractivity contribution in [2.45, 2.75) is 30.9 Å². The number of benzene rings is 2. The van der Waals surface area contributed by atoms with Crippen LogP contribution >= 0.6 is 0 Å². The molecule has 0 fully saturated rings. The van der Waals surface area contributed by atoms with E-state index < -0.39 is 10.4 Å². The van der Waals surface area contributed by atoms with E-state index in [9.17, 15) is 9.90 Å². The minimum absolute atomic E-state index is 0.201. The first-order chi connectivity index (χ1) is 12.5. The molecule has 0 saturated carbocycles. The van der Waals surface area contributed by atoms with Gasteiger partial charge in [-0.05, 0) is 0 Å². The maximum atomic E-state index is 12.5. The molecule has 0 bridgehead atoms. The van der Waals surface area contributed by atoms with Gasteiger partial charge in [-0.15, -0.1) is 0 Å². The monoisotopic (exact) mass is 422 g/mol. The van der Waals surface area contributed by atoms with Crippen LogP contribution in [0.3, 0.4) is 0 Å². The summed E-state index contributed by atoms with van der Waals surface area (Å²) < 4.78 is 10.8. The first-order valence-electron chi connectivity index (χ1n) is 8.59. The van der Waals surface area contributed by atoms with Crippen molar-refractivity contribution in [3.63, 3.8) is 0 Å². The number of ether oxygens (including phenoxy) is 2. The van der Waals surface area contributed by atoms with Gasteiger partial charge in [0.15, 0.2) is 0 Å². The first-order valence-corrected chi connectivity index (χ1v) is 10.3. The molecule has 0 saturated heterocycles. The SMILES string of the molecule is COC(=O)[C@@](C)([Se]c1ccccc1)[C@@H](O)[C@@H](C)COCc1ccccc1. The van der Waals surface area contributed by atoms with Crippen LogP contribution in [0.2, 0.25) is 4.31 Å². The molecule has 26 heavy (non-hydrogen) atoms. The van der Waals surface area contributed by atoms with Gasteiger partial charge in [-0.25, -0.2) is 0 Å². The molecular formula is C21H26O4Se. The van der Waals surface area contributed by atoms with E-state index in [4.69, 9.17) is 9.47 Å². The summed E-state index contributed by atoms with van der Waals surface area (Å²) in [4.78, 5) is 12.5. The Labute approximate surface area is 161 Å². The molecule has 1 N–H and O–H groups in total. The third-order valence-corrected chi connectivity index (χ3v) is 7.07. The zero-order valence-electron chi connectivity index (χ0n) is 15.4. The number of esters is 1. The van der Waals surface area contributed by atoms with Crippen molar-refractivity contribution in [2.24, 2.45) is 5.92 Å². The Morgan fingerprint density at radius 3 is 2.27 bits per heavy atom. The van der Waals surface area contributed by atoms with Crippen LogP contribution in [0.15, 0.2) is 60.7 Å². The van der Waals surface area contributed by atoms with Crippen LogP contribution < -0.4 is 4.46 Å². The van der Waals surface area contributed by atoms with E-state index in [0.717, 1.165) is 10.0 Å². The molecule has 0 aliphatic rings. The fraction of sp³-hybridized carbons (Fsp3) is 0.381. The Morgan fingerprint density at radius 1 is 1.12 bits per heavy atom. The normalized spacial score (nSPS) is 15.7. The number of aliphatic hydroxyl groups excluding tert-OH is 1. The van der Waals surface area contributed by atoms with Gasteiger partial charge < -0.3 is 0 Å². The van der Waals surface area contributed by atoms with Crippen LogP contribution in [0.5, 0.6) is 0 Å². The molecule has 2 rings (SSSR count). The Bertz CT molecular complexity index is 677. The molecule has 0 amide bonds. The Balaban J connectivity index is 2.02. The second-order valence-electron chi connectivity index (χ2n) is 6.44. The van der Waals surface area contributed by atoms with Crippen molar-refractivity contribution in [3.05, 3.63) is 66.2 Å². The number of carbonyl (C=O) groups is 1. The maximum absolute atomic E-state index is 12.5. The van der Waals surface area contributed by atoms with E-state index >= 15 is 0 Å².